The molecule has 7 heteroatoms. The lowest BCUT2D eigenvalue weighted by Crippen LogP contribution is -2.31. The van der Waals surface area contributed by atoms with Crippen molar-refractivity contribution in [1.29, 1.82) is 0 Å². The van der Waals surface area contributed by atoms with Crippen LogP contribution >= 0.6 is 15.9 Å². The second kappa shape index (κ2) is 7.59. The van der Waals surface area contributed by atoms with Gasteiger partial charge in [-0.1, -0.05) is 6.92 Å². The highest BCUT2D eigenvalue weighted by atomic mass is 79.9. The SMILES string of the molecule is Cc1nc(NC(=O)NCC[C@@H](C)[S@@](C)=O)ccc1Br. The van der Waals surface area contributed by atoms with Crippen LogP contribution in [-0.2, 0) is 10.8 Å². The molecule has 0 saturated heterocycles. The van der Waals surface area contributed by atoms with Gasteiger partial charge in [0.2, 0.25) is 0 Å². The van der Waals surface area contributed by atoms with Crippen molar-refractivity contribution in [1.82, 2.24) is 10.3 Å². The summed E-state index contributed by atoms with van der Waals surface area (Å²) in [5.41, 5.74) is 0.813. The molecule has 1 heterocycles. The van der Waals surface area contributed by atoms with Crippen LogP contribution in [0.1, 0.15) is 19.0 Å². The molecule has 1 rings (SSSR count). The third-order valence-electron chi connectivity index (χ3n) is 2.67. The number of hydrogen-bond donors (Lipinski definition) is 2. The van der Waals surface area contributed by atoms with Gasteiger partial charge in [-0.3, -0.25) is 9.53 Å². The fraction of sp³-hybridized carbons (Fsp3) is 0.500. The van der Waals surface area contributed by atoms with E-state index in [4.69, 9.17) is 0 Å². The zero-order valence-corrected chi connectivity index (χ0v) is 13.6. The molecule has 1 aromatic heterocycles. The van der Waals surface area contributed by atoms with E-state index in [1.165, 1.54) is 0 Å². The minimum atomic E-state index is -0.858. The molecule has 0 unspecified atom stereocenters. The van der Waals surface area contributed by atoms with Crippen LogP contribution in [0.5, 0.6) is 0 Å². The predicted octanol–water partition coefficient (Wildman–Crippen LogP) is 2.43. The monoisotopic (exact) mass is 347 g/mol. The Morgan fingerprint density at radius 3 is 2.79 bits per heavy atom. The Bertz CT molecular complexity index is 482. The highest BCUT2D eigenvalue weighted by molar-refractivity contribution is 9.10. The second-order valence-electron chi connectivity index (χ2n) is 4.24. The number of halogens is 1. The van der Waals surface area contributed by atoms with Crippen LogP contribution in [0.4, 0.5) is 10.6 Å². The zero-order valence-electron chi connectivity index (χ0n) is 11.2. The number of hydrogen-bond acceptors (Lipinski definition) is 3. The first kappa shape index (κ1) is 16.1. The number of rotatable bonds is 5. The summed E-state index contributed by atoms with van der Waals surface area (Å²) in [5, 5.41) is 5.45. The number of amides is 2. The quantitative estimate of drug-likeness (QED) is 0.859. The molecule has 5 nitrogen and oxygen atoms in total. The molecule has 1 aromatic rings. The molecule has 0 bridgehead atoms. The van der Waals surface area contributed by atoms with E-state index in [1.54, 1.807) is 12.3 Å². The van der Waals surface area contributed by atoms with Crippen LogP contribution in [0.3, 0.4) is 0 Å². The smallest absolute Gasteiger partial charge is 0.320 e. The van der Waals surface area contributed by atoms with Crippen LogP contribution in [0.15, 0.2) is 16.6 Å². The van der Waals surface area contributed by atoms with Crippen LogP contribution in [0.25, 0.3) is 0 Å². The van der Waals surface area contributed by atoms with E-state index in [9.17, 15) is 9.00 Å². The summed E-state index contributed by atoms with van der Waals surface area (Å²) in [6.07, 6.45) is 2.35. The average molecular weight is 348 g/mol. The van der Waals surface area contributed by atoms with E-state index in [0.29, 0.717) is 18.8 Å². The maximum atomic E-state index is 11.6. The van der Waals surface area contributed by atoms with Crippen molar-refractivity contribution in [3.63, 3.8) is 0 Å². The number of aromatic nitrogens is 1. The normalized spacial score (nSPS) is 13.7. The van der Waals surface area contributed by atoms with Crippen LogP contribution in [0.2, 0.25) is 0 Å². The Labute approximate surface area is 124 Å². The Morgan fingerprint density at radius 1 is 1.53 bits per heavy atom. The van der Waals surface area contributed by atoms with Gasteiger partial charge in [-0.05, 0) is 41.4 Å². The summed E-state index contributed by atoms with van der Waals surface area (Å²) in [5.74, 6) is 0.505. The van der Waals surface area contributed by atoms with Crippen molar-refractivity contribution in [2.75, 3.05) is 18.1 Å². The largest absolute Gasteiger partial charge is 0.338 e. The lowest BCUT2D eigenvalue weighted by atomic mass is 10.3. The van der Waals surface area contributed by atoms with E-state index in [1.807, 2.05) is 19.9 Å². The second-order valence-corrected chi connectivity index (χ2v) is 6.90. The lowest BCUT2D eigenvalue weighted by Gasteiger charge is -2.10. The maximum absolute atomic E-state index is 11.6. The average Bonchev–Trinajstić information content (AvgIpc) is 2.33. The van der Waals surface area contributed by atoms with Crippen molar-refractivity contribution >= 4 is 38.6 Å². The number of anilines is 1. The van der Waals surface area contributed by atoms with Crippen molar-refractivity contribution in [2.45, 2.75) is 25.5 Å². The number of nitrogens with zero attached hydrogens (tertiary/aromatic N) is 1. The number of carbonyl (C=O) groups excluding carboxylic acids is 1. The molecule has 0 aliphatic heterocycles. The van der Waals surface area contributed by atoms with E-state index < -0.39 is 10.8 Å². The number of nitrogens with one attached hydrogen (secondary N) is 2. The van der Waals surface area contributed by atoms with E-state index in [0.717, 1.165) is 10.2 Å². The molecule has 0 fully saturated rings. The van der Waals surface area contributed by atoms with Crippen molar-refractivity contribution < 1.29 is 9.00 Å². The zero-order chi connectivity index (χ0) is 14.4. The first-order chi connectivity index (χ1) is 8.90. The van der Waals surface area contributed by atoms with Crippen LogP contribution in [0, 0.1) is 6.92 Å². The standard InChI is InChI=1S/C12H18BrN3O2S/c1-8(19(3)18)6-7-14-12(17)16-11-5-4-10(13)9(2)15-11/h4-5,8H,6-7H2,1-3H3,(H2,14,15,16,17)/t8-,19-/m1/s1. The summed E-state index contributed by atoms with van der Waals surface area (Å²) in [6, 6.07) is 3.25. The van der Waals surface area contributed by atoms with Crippen LogP contribution < -0.4 is 10.6 Å². The Kier molecular flexibility index (Phi) is 6.44. The van der Waals surface area contributed by atoms with E-state index >= 15 is 0 Å². The Balaban J connectivity index is 2.39. The maximum Gasteiger partial charge on any atom is 0.320 e. The molecular formula is C12H18BrN3O2S. The molecule has 0 aliphatic rings. The van der Waals surface area contributed by atoms with Crippen molar-refractivity contribution in [2.24, 2.45) is 0 Å². The third kappa shape index (κ3) is 5.69. The Morgan fingerprint density at radius 2 is 2.21 bits per heavy atom. The molecule has 2 amide bonds. The molecule has 0 saturated carbocycles. The first-order valence-corrected chi connectivity index (χ1v) is 8.32. The third-order valence-corrected chi connectivity index (χ3v) is 4.87. The number of carbonyl (C=O) groups is 1. The predicted molar refractivity (Wildman–Crippen MR) is 81.8 cm³/mol. The first-order valence-electron chi connectivity index (χ1n) is 5.90. The molecule has 0 spiro atoms. The summed E-state index contributed by atoms with van der Waals surface area (Å²) < 4.78 is 12.0. The van der Waals surface area contributed by atoms with Crippen molar-refractivity contribution in [3.05, 3.63) is 22.3 Å². The van der Waals surface area contributed by atoms with Gasteiger partial charge in [0.05, 0.1) is 5.69 Å². The molecular weight excluding hydrogens is 330 g/mol. The fourth-order valence-electron chi connectivity index (χ4n) is 1.33. The molecule has 0 aromatic carbocycles. The molecule has 106 valence electrons. The summed E-state index contributed by atoms with van der Waals surface area (Å²) in [4.78, 5) is 15.8. The van der Waals surface area contributed by atoms with E-state index in [2.05, 4.69) is 31.5 Å². The summed E-state index contributed by atoms with van der Waals surface area (Å²) in [6.45, 7) is 4.24. The van der Waals surface area contributed by atoms with Gasteiger partial charge in [-0.2, -0.15) is 0 Å². The van der Waals surface area contributed by atoms with Crippen molar-refractivity contribution in [3.8, 4) is 0 Å². The topological polar surface area (TPSA) is 71.1 Å². The summed E-state index contributed by atoms with van der Waals surface area (Å²) in [7, 11) is -0.858. The van der Waals surface area contributed by atoms with Crippen LogP contribution in [-0.4, -0.2) is 33.3 Å². The van der Waals surface area contributed by atoms with Gasteiger partial charge in [0.15, 0.2) is 0 Å². The van der Waals surface area contributed by atoms with Gasteiger partial charge in [-0.25, -0.2) is 9.78 Å². The van der Waals surface area contributed by atoms with Gasteiger partial charge in [0, 0.05) is 33.3 Å². The molecule has 2 atom stereocenters. The van der Waals surface area contributed by atoms with E-state index in [-0.39, 0.29) is 11.3 Å². The summed E-state index contributed by atoms with van der Waals surface area (Å²) >= 11 is 3.35. The minimum absolute atomic E-state index is 0.0772. The van der Waals surface area contributed by atoms with Gasteiger partial charge < -0.3 is 5.32 Å². The van der Waals surface area contributed by atoms with Gasteiger partial charge in [0.25, 0.3) is 0 Å². The molecule has 19 heavy (non-hydrogen) atoms. The van der Waals surface area contributed by atoms with Gasteiger partial charge >= 0.3 is 6.03 Å². The number of urea groups is 1. The van der Waals surface area contributed by atoms with Gasteiger partial charge in [-0.15, -0.1) is 0 Å². The molecule has 2 N–H and O–H groups in total. The molecule has 0 radical (unpaired) electrons. The van der Waals surface area contributed by atoms with Gasteiger partial charge in [0.1, 0.15) is 5.82 Å². The lowest BCUT2D eigenvalue weighted by molar-refractivity contribution is 0.252. The molecule has 0 aliphatic carbocycles. The number of pyridine rings is 1. The fourth-order valence-corrected chi connectivity index (χ4v) is 2.00. The minimum Gasteiger partial charge on any atom is -0.338 e. The highest BCUT2D eigenvalue weighted by Gasteiger charge is 2.08. The number of aryl methyl sites for hydroxylation is 1. The Hall–Kier alpha value is -0.950. The highest BCUT2D eigenvalue weighted by Crippen LogP contribution is 2.15.